The highest BCUT2D eigenvalue weighted by Crippen LogP contribution is 2.44. The van der Waals surface area contributed by atoms with Crippen molar-refractivity contribution in [2.24, 2.45) is 107 Å². The quantitative estimate of drug-likeness (QED) is 0.0811. The summed E-state index contributed by atoms with van der Waals surface area (Å²) in [4.78, 5) is 0. The van der Waals surface area contributed by atoms with Gasteiger partial charge < -0.3 is 79.5 Å². The highest BCUT2D eigenvalue weighted by Gasteiger charge is 2.51. The van der Waals surface area contributed by atoms with E-state index in [9.17, 15) is 51.1 Å². The van der Waals surface area contributed by atoms with Crippen LogP contribution < -0.4 is 0 Å². The van der Waals surface area contributed by atoms with E-state index in [-0.39, 0.29) is 103 Å². The van der Waals surface area contributed by atoms with Gasteiger partial charge in [-0.25, -0.2) is 0 Å². The van der Waals surface area contributed by atoms with Crippen LogP contribution in [0.25, 0.3) is 0 Å². The number of aliphatic hydroxyl groups is 10. The molecule has 10 rings (SSSR count). The number of hydrogen-bond donors (Lipinski definition) is 10. The van der Waals surface area contributed by atoms with Gasteiger partial charge in [-0.2, -0.15) is 59.1 Å². The predicted molar refractivity (Wildman–Crippen MR) is 549 cm³/mol. The second-order valence-corrected chi connectivity index (χ2v) is 37.9. The standard InChI is InChI=1S/C11H22O.3C9H15NO2.C9H15NOS.2C9H15NO.2C8H13NO2.C7H11NO2.10C2H6/c1-8(2)10-6-4-5-7-11(10)9(3)12;1-7(2)8-5-12-4-3-9(8,11)6-10;1-7(2)8-3-4-12-6-9(8,11)5-10;2*1-7(2)8-9(11,6-10)4-3-5-12-8;1-6(2)7-3-4-8(7)9(11)5-10;1-7(2)8-4-3-5-9(8,11)6-10;1-6(2)7-3-11-5-8(7,10)4-9;1-6(2)7-8(10,5-9)3-4-11-7;1-5(2)6-7(9,3-8)4-10-6;10*1-2/h8-12H,4-7H2,1-3H3;7-8,11H,3-5H2,1-2H3;7-8,11H,3-4,6H2,1-2H3;2*7-8,11H,3-5H2,1-2H3;6-9,11H,3-4H2,1-2H3;7-8,11H,3-5H2,1-2H3;6-7,10H,3,5H2,1-2H3;6-7,10H,3-4H2,1-2H3;5-6,9H,4H2,1-2H3;10*1-2H3. The van der Waals surface area contributed by atoms with Gasteiger partial charge in [-0.05, 0) is 167 Å². The summed E-state index contributed by atoms with van der Waals surface area (Å²) in [6.45, 7) is 86.5. The van der Waals surface area contributed by atoms with Crippen molar-refractivity contribution in [3.05, 3.63) is 0 Å². The number of ether oxygens (including phenoxy) is 6. The zero-order valence-electron chi connectivity index (χ0n) is 93.1. The molecule has 7 saturated heterocycles. The van der Waals surface area contributed by atoms with Crippen molar-refractivity contribution in [3.8, 4) is 54.6 Å². The van der Waals surface area contributed by atoms with Crippen molar-refractivity contribution in [2.75, 3.05) is 65.2 Å². The first-order valence-electron chi connectivity index (χ1n) is 52.1. The zero-order valence-corrected chi connectivity index (χ0v) is 93.9. The summed E-state index contributed by atoms with van der Waals surface area (Å²) < 4.78 is 31.0. The Bertz CT molecular complexity index is 2910. The molecule has 0 spiro atoms. The highest BCUT2D eigenvalue weighted by molar-refractivity contribution is 8.00. The van der Waals surface area contributed by atoms with Gasteiger partial charge in [0.15, 0.2) is 39.2 Å². The number of aliphatic hydroxyl groups excluding tert-OH is 2. The predicted octanol–water partition coefficient (Wildman–Crippen LogP) is 22.6. The Morgan fingerprint density at radius 1 is 0.261 bits per heavy atom. The summed E-state index contributed by atoms with van der Waals surface area (Å²) in [5.74, 6) is 7.04. The van der Waals surface area contributed by atoms with Crippen LogP contribution in [0.1, 0.15) is 387 Å². The number of rotatable bonds is 12. The molecule has 134 heavy (non-hydrogen) atoms. The molecular formula is C108H209N9O16S. The lowest BCUT2D eigenvalue weighted by Gasteiger charge is -2.42. The highest BCUT2D eigenvalue weighted by atomic mass is 32.2. The number of hydrogen-bond acceptors (Lipinski definition) is 26. The third kappa shape index (κ3) is 52.6. The second-order valence-electron chi connectivity index (χ2n) is 36.6. The maximum Gasteiger partial charge on any atom is 0.201 e. The van der Waals surface area contributed by atoms with E-state index >= 15 is 0 Å². The normalized spacial score (nSPS) is 31.3. The molecule has 25 nitrogen and oxygen atoms in total. The monoisotopic (exact) mass is 1920 g/mol. The summed E-state index contributed by atoms with van der Waals surface area (Å²) in [6.07, 6.45) is 12.9. The minimum atomic E-state index is -1.26. The Labute approximate surface area is 827 Å². The lowest BCUT2D eigenvalue weighted by atomic mass is 9.66. The van der Waals surface area contributed by atoms with Gasteiger partial charge in [-0.1, -0.05) is 290 Å². The van der Waals surface area contributed by atoms with Gasteiger partial charge in [0, 0.05) is 60.9 Å². The van der Waals surface area contributed by atoms with Gasteiger partial charge in [0.1, 0.15) is 54.8 Å². The lowest BCUT2D eigenvalue weighted by Crippen LogP contribution is -2.59. The van der Waals surface area contributed by atoms with Crippen LogP contribution in [0, 0.1) is 209 Å². The maximum atomic E-state index is 9.93. The van der Waals surface area contributed by atoms with Crippen molar-refractivity contribution in [3.63, 3.8) is 0 Å². The average molecular weight is 1920 g/mol. The first kappa shape index (κ1) is 149. The molecule has 10 N–H and O–H groups in total. The van der Waals surface area contributed by atoms with Crippen LogP contribution in [0.3, 0.4) is 0 Å². The van der Waals surface area contributed by atoms with E-state index in [1.165, 1.54) is 32.1 Å². The van der Waals surface area contributed by atoms with Crippen molar-refractivity contribution < 1.29 is 79.5 Å². The Balaban J connectivity index is -0.000000156. The fourth-order valence-corrected chi connectivity index (χ4v) is 18.8. The Kier molecular flexibility index (Phi) is 93.5. The topological polar surface area (TPSA) is 472 Å². The molecule has 10 aliphatic rings. The van der Waals surface area contributed by atoms with Crippen LogP contribution in [-0.2, 0) is 28.4 Å². The Morgan fingerprint density at radius 2 is 0.590 bits per heavy atom. The fourth-order valence-electron chi connectivity index (χ4n) is 17.4. The Morgan fingerprint density at radius 3 is 0.881 bits per heavy atom. The van der Waals surface area contributed by atoms with Crippen molar-refractivity contribution >= 4 is 11.8 Å². The summed E-state index contributed by atoms with van der Waals surface area (Å²) in [6, 6.07) is 17.5. The first-order chi connectivity index (χ1) is 63.1. The Hall–Kier alpha value is -4.88. The van der Waals surface area contributed by atoms with Crippen molar-refractivity contribution in [1.29, 1.82) is 47.4 Å². The summed E-state index contributed by atoms with van der Waals surface area (Å²) >= 11 is 1.73. The van der Waals surface area contributed by atoms with Gasteiger partial charge in [-0.3, -0.25) is 0 Å². The third-order valence-corrected chi connectivity index (χ3v) is 26.2. The molecule has 0 aromatic rings. The van der Waals surface area contributed by atoms with Crippen LogP contribution in [-0.4, -0.2) is 197 Å². The van der Waals surface area contributed by atoms with E-state index in [1.807, 2.05) is 283 Å². The molecule has 3 saturated carbocycles. The van der Waals surface area contributed by atoms with Crippen molar-refractivity contribution in [1.82, 2.24) is 0 Å². The fraction of sp³-hybridized carbons (Fsp3) is 0.917. The molecule has 0 radical (unpaired) electrons. The van der Waals surface area contributed by atoms with Gasteiger partial charge in [-0.15, -0.1) is 0 Å². The van der Waals surface area contributed by atoms with Gasteiger partial charge in [0.25, 0.3) is 0 Å². The molecule has 0 aromatic heterocycles. The maximum absolute atomic E-state index is 9.93. The molecule has 22 atom stereocenters. The molecule has 0 amide bonds. The third-order valence-electron chi connectivity index (χ3n) is 24.4. The van der Waals surface area contributed by atoms with Crippen LogP contribution in [0.2, 0.25) is 0 Å². The summed E-state index contributed by atoms with van der Waals surface area (Å²) in [5.41, 5.74) is -9.47. The number of nitriles is 9. The van der Waals surface area contributed by atoms with E-state index in [2.05, 4.69) is 55.4 Å². The largest absolute Gasteiger partial charge is 0.393 e. The molecule has 10 fully saturated rings. The van der Waals surface area contributed by atoms with E-state index in [1.54, 1.807) is 11.8 Å². The molecule has 26 heteroatoms. The van der Waals surface area contributed by atoms with E-state index < -0.39 is 50.9 Å². The summed E-state index contributed by atoms with van der Waals surface area (Å²) in [7, 11) is 0. The van der Waals surface area contributed by atoms with E-state index in [0.29, 0.717) is 113 Å². The smallest absolute Gasteiger partial charge is 0.201 e. The number of thioether (sulfide) groups is 1. The molecule has 7 heterocycles. The lowest BCUT2D eigenvalue weighted by molar-refractivity contribution is -0.221. The second kappa shape index (κ2) is 83.9. The molecule has 0 aromatic carbocycles. The first-order valence-corrected chi connectivity index (χ1v) is 53.2. The summed E-state index contributed by atoms with van der Waals surface area (Å²) in [5, 5.41) is 175. The van der Waals surface area contributed by atoms with Crippen LogP contribution in [0.5, 0.6) is 0 Å². The molecule has 7 aliphatic heterocycles. The molecule has 22 unspecified atom stereocenters. The van der Waals surface area contributed by atoms with E-state index in [4.69, 9.17) is 75.8 Å². The SMILES string of the molecule is CC.CC.CC.CC.CC.CC.CC.CC.CC.CC.CC(C)C1CCC1C(O)C#N.CC(C)C1CCCC1(O)C#N.CC(C)C1CCCCC1C(C)O.CC(C)C1CCOCC1(O)C#N.CC(C)C1COCC1(O)C#N.CC(C)C1COCCC1(O)C#N.CC(C)C1OCC1(O)C#N.CC(C)C1OCCC1(O)C#N.CC(C)C1OCCCC1(O)C#N.CC(C)C1SCCCC1(O)C#N. The van der Waals surface area contributed by atoms with E-state index in [0.717, 1.165) is 56.1 Å². The average Bonchev–Trinajstić information content (AvgIpc) is 1.79. The zero-order chi connectivity index (χ0) is 108. The molecule has 3 aliphatic carbocycles. The van der Waals surface area contributed by atoms with Crippen LogP contribution in [0.4, 0.5) is 0 Å². The van der Waals surface area contributed by atoms with Crippen molar-refractivity contribution in [2.45, 2.75) is 467 Å². The minimum Gasteiger partial charge on any atom is -0.393 e. The van der Waals surface area contributed by atoms with Gasteiger partial charge in [0.2, 0.25) is 5.60 Å². The number of nitrogens with zero attached hydrogens (tertiary/aromatic N) is 9. The van der Waals surface area contributed by atoms with Gasteiger partial charge >= 0.3 is 0 Å². The van der Waals surface area contributed by atoms with Crippen LogP contribution in [0.15, 0.2) is 0 Å². The molecule has 0 bridgehead atoms. The molecule has 788 valence electrons. The molecular weight excluding hydrogens is 1710 g/mol. The van der Waals surface area contributed by atoms with Gasteiger partial charge in [0.05, 0.1) is 76.6 Å². The van der Waals surface area contributed by atoms with Crippen LogP contribution >= 0.6 is 11.8 Å². The minimum absolute atomic E-state index is 0.0347.